The molecule has 0 aromatic heterocycles. The van der Waals surface area contributed by atoms with Crippen LogP contribution in [0, 0.1) is 11.6 Å². The second kappa shape index (κ2) is 9.13. The molecule has 25 heavy (non-hydrogen) atoms. The first-order valence-corrected chi connectivity index (χ1v) is 8.34. The maximum atomic E-state index is 13.6. The van der Waals surface area contributed by atoms with Crippen molar-refractivity contribution in [2.24, 2.45) is 0 Å². The molecule has 4 nitrogen and oxygen atoms in total. The van der Waals surface area contributed by atoms with E-state index in [2.05, 4.69) is 29.4 Å². The highest BCUT2D eigenvalue weighted by molar-refractivity contribution is 5.89. The van der Waals surface area contributed by atoms with Gasteiger partial charge in [0.2, 0.25) is 0 Å². The summed E-state index contributed by atoms with van der Waals surface area (Å²) in [4.78, 5) is 14.3. The fourth-order valence-electron chi connectivity index (χ4n) is 2.74. The fraction of sp³-hybridized carbons (Fsp3) is 0.316. The van der Waals surface area contributed by atoms with Crippen molar-refractivity contribution in [3.63, 3.8) is 0 Å². The van der Waals surface area contributed by atoms with Crippen molar-refractivity contribution in [3.05, 3.63) is 65.7 Å². The van der Waals surface area contributed by atoms with Gasteiger partial charge in [0.15, 0.2) is 0 Å². The Hall–Kier alpha value is -2.47. The number of urea groups is 1. The van der Waals surface area contributed by atoms with Crippen LogP contribution in [0.1, 0.15) is 25.5 Å². The Labute approximate surface area is 146 Å². The van der Waals surface area contributed by atoms with Gasteiger partial charge in [-0.25, -0.2) is 13.6 Å². The Balaban J connectivity index is 2.03. The molecule has 2 rings (SSSR count). The summed E-state index contributed by atoms with van der Waals surface area (Å²) >= 11 is 0. The second-order valence-electron chi connectivity index (χ2n) is 5.61. The second-order valence-corrected chi connectivity index (χ2v) is 5.61. The first-order chi connectivity index (χ1) is 12.0. The van der Waals surface area contributed by atoms with Gasteiger partial charge in [-0.15, -0.1) is 0 Å². The van der Waals surface area contributed by atoms with Crippen LogP contribution in [0.5, 0.6) is 0 Å². The van der Waals surface area contributed by atoms with Gasteiger partial charge in [-0.2, -0.15) is 0 Å². The molecular weight excluding hydrogens is 324 g/mol. The third-order valence-electron chi connectivity index (χ3n) is 4.07. The van der Waals surface area contributed by atoms with Gasteiger partial charge in [-0.3, -0.25) is 4.90 Å². The average Bonchev–Trinajstić information content (AvgIpc) is 2.62. The SMILES string of the molecule is CCN(CC)[C@H](CNC(=O)Nc1ccc(F)cc1F)c1ccccc1. The lowest BCUT2D eigenvalue weighted by Gasteiger charge is -2.30. The molecule has 0 aliphatic rings. The van der Waals surface area contributed by atoms with Crippen LogP contribution in [0.2, 0.25) is 0 Å². The fourth-order valence-corrected chi connectivity index (χ4v) is 2.74. The molecule has 0 unspecified atom stereocenters. The number of likely N-dealkylation sites (N-methyl/N-ethyl adjacent to an activating group) is 1. The van der Waals surface area contributed by atoms with Gasteiger partial charge in [-0.1, -0.05) is 44.2 Å². The quantitative estimate of drug-likeness (QED) is 0.789. The maximum absolute atomic E-state index is 13.6. The van der Waals surface area contributed by atoms with E-state index in [4.69, 9.17) is 0 Å². The molecule has 0 heterocycles. The smallest absolute Gasteiger partial charge is 0.319 e. The molecule has 0 spiro atoms. The van der Waals surface area contributed by atoms with Crippen molar-refractivity contribution in [2.75, 3.05) is 25.0 Å². The molecular formula is C19H23F2N3O. The Morgan fingerprint density at radius 3 is 2.36 bits per heavy atom. The minimum absolute atomic E-state index is 0.0139. The minimum Gasteiger partial charge on any atom is -0.336 e. The van der Waals surface area contributed by atoms with Crippen LogP contribution < -0.4 is 10.6 Å². The van der Waals surface area contributed by atoms with Crippen molar-refractivity contribution in [3.8, 4) is 0 Å². The standard InChI is InChI=1S/C19H23F2N3O/c1-3-24(4-2)18(14-8-6-5-7-9-14)13-22-19(25)23-17-11-10-15(20)12-16(17)21/h5-12,18H,3-4,13H2,1-2H3,(H2,22,23,25)/t18-/m1/s1. The number of anilines is 1. The van der Waals surface area contributed by atoms with Gasteiger partial charge in [0.1, 0.15) is 11.6 Å². The van der Waals surface area contributed by atoms with Crippen molar-refractivity contribution in [2.45, 2.75) is 19.9 Å². The number of nitrogens with one attached hydrogen (secondary N) is 2. The summed E-state index contributed by atoms with van der Waals surface area (Å²) in [5.74, 6) is -1.49. The van der Waals surface area contributed by atoms with Gasteiger partial charge < -0.3 is 10.6 Å². The number of carbonyl (C=O) groups excluding carboxylic acids is 1. The first-order valence-electron chi connectivity index (χ1n) is 8.34. The van der Waals surface area contributed by atoms with Crippen LogP contribution in [0.3, 0.4) is 0 Å². The molecule has 0 radical (unpaired) electrons. The number of carbonyl (C=O) groups is 1. The van der Waals surface area contributed by atoms with Crippen molar-refractivity contribution >= 4 is 11.7 Å². The van der Waals surface area contributed by atoms with Gasteiger partial charge in [0, 0.05) is 12.6 Å². The normalized spacial score (nSPS) is 12.0. The van der Waals surface area contributed by atoms with Crippen molar-refractivity contribution in [1.29, 1.82) is 0 Å². The lowest BCUT2D eigenvalue weighted by atomic mass is 10.1. The molecule has 0 saturated carbocycles. The molecule has 2 aromatic rings. The Morgan fingerprint density at radius 2 is 1.76 bits per heavy atom. The van der Waals surface area contributed by atoms with Crippen molar-refractivity contribution < 1.29 is 13.6 Å². The number of benzene rings is 2. The zero-order valence-electron chi connectivity index (χ0n) is 14.4. The van der Waals surface area contributed by atoms with Crippen molar-refractivity contribution in [1.82, 2.24) is 10.2 Å². The summed E-state index contributed by atoms with van der Waals surface area (Å²) in [7, 11) is 0. The van der Waals surface area contributed by atoms with E-state index in [0.717, 1.165) is 30.8 Å². The third-order valence-corrected chi connectivity index (χ3v) is 4.07. The third kappa shape index (κ3) is 5.26. The topological polar surface area (TPSA) is 44.4 Å². The van der Waals surface area contributed by atoms with Crippen LogP contribution >= 0.6 is 0 Å². The summed E-state index contributed by atoms with van der Waals surface area (Å²) in [6.45, 7) is 6.18. The summed E-state index contributed by atoms with van der Waals surface area (Å²) in [5.41, 5.74) is 1.04. The number of amides is 2. The largest absolute Gasteiger partial charge is 0.336 e. The maximum Gasteiger partial charge on any atom is 0.319 e. The predicted octanol–water partition coefficient (Wildman–Crippen LogP) is 4.17. The van der Waals surface area contributed by atoms with Crippen LogP contribution in [-0.2, 0) is 0 Å². The number of hydrogen-bond donors (Lipinski definition) is 2. The van der Waals surface area contributed by atoms with Gasteiger partial charge in [0.05, 0.1) is 11.7 Å². The summed E-state index contributed by atoms with van der Waals surface area (Å²) < 4.78 is 26.5. The van der Waals surface area contributed by atoms with E-state index >= 15 is 0 Å². The van der Waals surface area contributed by atoms with E-state index in [-0.39, 0.29) is 11.7 Å². The first kappa shape index (κ1) is 18.9. The average molecular weight is 347 g/mol. The molecule has 2 amide bonds. The monoisotopic (exact) mass is 347 g/mol. The van der Waals surface area contributed by atoms with E-state index in [9.17, 15) is 13.6 Å². The zero-order chi connectivity index (χ0) is 18.2. The van der Waals surface area contributed by atoms with Gasteiger partial charge in [-0.05, 0) is 30.8 Å². The molecule has 2 N–H and O–H groups in total. The molecule has 0 saturated heterocycles. The molecule has 1 atom stereocenters. The minimum atomic E-state index is -0.807. The summed E-state index contributed by atoms with van der Waals surface area (Å²) in [6, 6.07) is 12.4. The van der Waals surface area contributed by atoms with E-state index in [0.29, 0.717) is 6.54 Å². The summed E-state index contributed by atoms with van der Waals surface area (Å²) in [6.07, 6.45) is 0. The molecule has 0 bridgehead atoms. The zero-order valence-corrected chi connectivity index (χ0v) is 14.4. The molecule has 2 aromatic carbocycles. The number of rotatable bonds is 7. The van der Waals surface area contributed by atoms with E-state index in [1.165, 1.54) is 6.07 Å². The van der Waals surface area contributed by atoms with Crippen LogP contribution in [0.25, 0.3) is 0 Å². The lowest BCUT2D eigenvalue weighted by Crippen LogP contribution is -2.39. The highest BCUT2D eigenvalue weighted by atomic mass is 19.1. The number of halogens is 2. The highest BCUT2D eigenvalue weighted by Crippen LogP contribution is 2.20. The van der Waals surface area contributed by atoms with Crippen LogP contribution in [0.4, 0.5) is 19.3 Å². The van der Waals surface area contributed by atoms with Gasteiger partial charge >= 0.3 is 6.03 Å². The molecule has 6 heteroatoms. The number of hydrogen-bond acceptors (Lipinski definition) is 2. The molecule has 134 valence electrons. The summed E-state index contributed by atoms with van der Waals surface area (Å²) in [5, 5.41) is 5.18. The van der Waals surface area contributed by atoms with Crippen LogP contribution in [0.15, 0.2) is 48.5 Å². The molecule has 0 aliphatic carbocycles. The molecule has 0 fully saturated rings. The van der Waals surface area contributed by atoms with E-state index < -0.39 is 17.7 Å². The van der Waals surface area contributed by atoms with E-state index in [1.54, 1.807) is 0 Å². The predicted molar refractivity (Wildman–Crippen MR) is 95.5 cm³/mol. The highest BCUT2D eigenvalue weighted by Gasteiger charge is 2.19. The Bertz CT molecular complexity index is 690. The Morgan fingerprint density at radius 1 is 1.08 bits per heavy atom. The Kier molecular flexibility index (Phi) is 6.89. The number of nitrogens with zero attached hydrogens (tertiary/aromatic N) is 1. The van der Waals surface area contributed by atoms with E-state index in [1.807, 2.05) is 30.3 Å². The lowest BCUT2D eigenvalue weighted by molar-refractivity contribution is 0.210. The van der Waals surface area contributed by atoms with Crippen LogP contribution in [-0.4, -0.2) is 30.6 Å². The molecule has 0 aliphatic heterocycles. The van der Waals surface area contributed by atoms with Gasteiger partial charge in [0.25, 0.3) is 0 Å².